The fourth-order valence-corrected chi connectivity index (χ4v) is 2.14. The summed E-state index contributed by atoms with van der Waals surface area (Å²) in [5, 5.41) is 11.8. The Hall–Kier alpha value is -1.88. The molecule has 0 aliphatic heterocycles. The summed E-state index contributed by atoms with van der Waals surface area (Å²) in [6.07, 6.45) is 0. The third-order valence-electron chi connectivity index (χ3n) is 2.34. The van der Waals surface area contributed by atoms with Crippen LogP contribution in [0, 0.1) is 6.92 Å². The van der Waals surface area contributed by atoms with Crippen LogP contribution in [0.2, 0.25) is 0 Å². The van der Waals surface area contributed by atoms with E-state index in [1.165, 1.54) is 17.4 Å². The number of benzene rings is 1. The minimum absolute atomic E-state index is 0.228. The number of carboxylic acid groups (broad SMARTS) is 1. The summed E-state index contributed by atoms with van der Waals surface area (Å²) in [5.74, 6) is -0.332. The van der Waals surface area contributed by atoms with Gasteiger partial charge in [0.2, 0.25) is 0 Å². The Morgan fingerprint density at radius 2 is 2.24 bits per heavy atom. The zero-order chi connectivity index (χ0) is 12.4. The van der Waals surface area contributed by atoms with Crippen molar-refractivity contribution in [2.45, 2.75) is 6.92 Å². The first-order valence-corrected chi connectivity index (χ1v) is 5.83. The van der Waals surface area contributed by atoms with E-state index in [4.69, 9.17) is 9.84 Å². The summed E-state index contributed by atoms with van der Waals surface area (Å²) in [6, 6.07) is 4.74. The third-order valence-corrected chi connectivity index (χ3v) is 3.11. The predicted octanol–water partition coefficient (Wildman–Crippen LogP) is 2.83. The van der Waals surface area contributed by atoms with Crippen LogP contribution in [0.5, 0.6) is 5.75 Å². The molecule has 2 rings (SSSR count). The van der Waals surface area contributed by atoms with Gasteiger partial charge in [-0.2, -0.15) is 0 Å². The highest BCUT2D eigenvalue weighted by Gasteiger charge is 2.12. The third kappa shape index (κ3) is 2.29. The number of aromatic carboxylic acids is 1. The first kappa shape index (κ1) is 11.6. The van der Waals surface area contributed by atoms with Gasteiger partial charge in [0.05, 0.1) is 23.4 Å². The number of carbonyl (C=O) groups is 1. The largest absolute Gasteiger partial charge is 0.496 e. The normalized spacial score (nSPS) is 10.2. The molecule has 5 heteroatoms. The number of aromatic nitrogens is 1. The quantitative estimate of drug-likeness (QED) is 0.908. The second-order valence-electron chi connectivity index (χ2n) is 3.47. The number of hydrogen-bond donors (Lipinski definition) is 1. The number of rotatable bonds is 3. The zero-order valence-corrected chi connectivity index (χ0v) is 10.2. The predicted molar refractivity (Wildman–Crippen MR) is 65.8 cm³/mol. The van der Waals surface area contributed by atoms with Gasteiger partial charge in [-0.15, -0.1) is 11.3 Å². The minimum Gasteiger partial charge on any atom is -0.496 e. The van der Waals surface area contributed by atoms with E-state index in [0.717, 1.165) is 10.7 Å². The number of thiazole rings is 1. The van der Waals surface area contributed by atoms with Gasteiger partial charge >= 0.3 is 5.97 Å². The van der Waals surface area contributed by atoms with Gasteiger partial charge in [0.25, 0.3) is 0 Å². The topological polar surface area (TPSA) is 59.4 Å². The molecule has 0 unspecified atom stereocenters. The van der Waals surface area contributed by atoms with Gasteiger partial charge in [0.15, 0.2) is 0 Å². The maximum Gasteiger partial charge on any atom is 0.335 e. The van der Waals surface area contributed by atoms with Crippen LogP contribution in [0.3, 0.4) is 0 Å². The summed E-state index contributed by atoms with van der Waals surface area (Å²) in [4.78, 5) is 15.3. The van der Waals surface area contributed by atoms with Gasteiger partial charge < -0.3 is 9.84 Å². The van der Waals surface area contributed by atoms with Crippen LogP contribution in [0.1, 0.15) is 15.4 Å². The minimum atomic E-state index is -0.958. The van der Waals surface area contributed by atoms with Crippen molar-refractivity contribution in [3.63, 3.8) is 0 Å². The van der Waals surface area contributed by atoms with E-state index < -0.39 is 5.97 Å². The number of nitrogens with zero attached hydrogens (tertiary/aromatic N) is 1. The first-order valence-electron chi connectivity index (χ1n) is 4.95. The standard InChI is InChI=1S/C12H11NO3S/c1-7-13-10(6-17-7)9-5-8(12(14)15)3-4-11(9)16-2/h3-6H,1-2H3,(H,14,15). The molecular formula is C12H11NO3S. The van der Waals surface area contributed by atoms with E-state index in [1.54, 1.807) is 19.2 Å². The van der Waals surface area contributed by atoms with E-state index in [1.807, 2.05) is 12.3 Å². The van der Waals surface area contributed by atoms with Crippen molar-refractivity contribution in [2.75, 3.05) is 7.11 Å². The highest BCUT2D eigenvalue weighted by Crippen LogP contribution is 2.31. The summed E-state index contributed by atoms with van der Waals surface area (Å²) in [5.41, 5.74) is 1.68. The molecule has 0 atom stereocenters. The lowest BCUT2D eigenvalue weighted by atomic mass is 10.1. The van der Waals surface area contributed by atoms with Crippen molar-refractivity contribution in [2.24, 2.45) is 0 Å². The average molecular weight is 249 g/mol. The van der Waals surface area contributed by atoms with E-state index in [9.17, 15) is 4.79 Å². The van der Waals surface area contributed by atoms with Crippen LogP contribution >= 0.6 is 11.3 Å². The highest BCUT2D eigenvalue weighted by molar-refractivity contribution is 7.09. The molecule has 0 saturated carbocycles. The zero-order valence-electron chi connectivity index (χ0n) is 9.43. The first-order chi connectivity index (χ1) is 8.11. The van der Waals surface area contributed by atoms with E-state index in [0.29, 0.717) is 11.3 Å². The molecule has 88 valence electrons. The lowest BCUT2D eigenvalue weighted by molar-refractivity contribution is 0.0697. The molecule has 17 heavy (non-hydrogen) atoms. The van der Waals surface area contributed by atoms with Crippen LogP contribution in [-0.2, 0) is 0 Å². The molecule has 1 heterocycles. The Bertz CT molecular complexity index is 563. The van der Waals surface area contributed by atoms with Gasteiger partial charge in [-0.3, -0.25) is 0 Å². The summed E-state index contributed by atoms with van der Waals surface area (Å²) in [6.45, 7) is 1.90. The lowest BCUT2D eigenvalue weighted by Crippen LogP contribution is -1.98. The fourth-order valence-electron chi connectivity index (χ4n) is 1.53. The van der Waals surface area contributed by atoms with Crippen molar-refractivity contribution < 1.29 is 14.6 Å². The molecular weight excluding hydrogens is 238 g/mol. The Balaban J connectivity index is 2.57. The summed E-state index contributed by atoms with van der Waals surface area (Å²) >= 11 is 1.52. The molecule has 0 fully saturated rings. The average Bonchev–Trinajstić information content (AvgIpc) is 2.74. The highest BCUT2D eigenvalue weighted by atomic mass is 32.1. The van der Waals surface area contributed by atoms with Crippen LogP contribution in [0.25, 0.3) is 11.3 Å². The van der Waals surface area contributed by atoms with Gasteiger partial charge in [-0.05, 0) is 25.1 Å². The SMILES string of the molecule is COc1ccc(C(=O)O)cc1-c1csc(C)n1. The molecule has 1 N–H and O–H groups in total. The van der Waals surface area contributed by atoms with Crippen LogP contribution in [-0.4, -0.2) is 23.2 Å². The number of hydrogen-bond acceptors (Lipinski definition) is 4. The Kier molecular flexibility index (Phi) is 3.10. The van der Waals surface area contributed by atoms with E-state index in [-0.39, 0.29) is 5.56 Å². The second kappa shape index (κ2) is 4.55. The second-order valence-corrected chi connectivity index (χ2v) is 4.53. The maximum atomic E-state index is 10.9. The molecule has 4 nitrogen and oxygen atoms in total. The number of ether oxygens (including phenoxy) is 1. The smallest absolute Gasteiger partial charge is 0.335 e. The van der Waals surface area contributed by atoms with Crippen molar-refractivity contribution in [1.82, 2.24) is 4.98 Å². The number of carboxylic acids is 1. The Labute approximate surface area is 103 Å². The van der Waals surface area contributed by atoms with Crippen molar-refractivity contribution in [1.29, 1.82) is 0 Å². The van der Waals surface area contributed by atoms with Gasteiger partial charge in [0, 0.05) is 10.9 Å². The van der Waals surface area contributed by atoms with E-state index in [2.05, 4.69) is 4.98 Å². The van der Waals surface area contributed by atoms with Gasteiger partial charge in [-0.1, -0.05) is 0 Å². The molecule has 0 saturated heterocycles. The van der Waals surface area contributed by atoms with Crippen molar-refractivity contribution >= 4 is 17.3 Å². The summed E-state index contributed by atoms with van der Waals surface area (Å²) < 4.78 is 5.22. The fraction of sp³-hybridized carbons (Fsp3) is 0.167. The van der Waals surface area contributed by atoms with Crippen molar-refractivity contribution in [3.8, 4) is 17.0 Å². The Morgan fingerprint density at radius 3 is 2.76 bits per heavy atom. The van der Waals surface area contributed by atoms with Crippen LogP contribution in [0.4, 0.5) is 0 Å². The van der Waals surface area contributed by atoms with E-state index >= 15 is 0 Å². The van der Waals surface area contributed by atoms with Crippen molar-refractivity contribution in [3.05, 3.63) is 34.2 Å². The molecule has 0 bridgehead atoms. The van der Waals surface area contributed by atoms with Gasteiger partial charge in [-0.25, -0.2) is 9.78 Å². The molecule has 2 aromatic rings. The molecule has 0 aliphatic rings. The van der Waals surface area contributed by atoms with Crippen LogP contribution < -0.4 is 4.74 Å². The number of aryl methyl sites for hydroxylation is 1. The summed E-state index contributed by atoms with van der Waals surface area (Å²) in [7, 11) is 1.55. The molecule has 0 amide bonds. The molecule has 0 radical (unpaired) electrons. The molecule has 0 aliphatic carbocycles. The van der Waals surface area contributed by atoms with Crippen LogP contribution in [0.15, 0.2) is 23.6 Å². The lowest BCUT2D eigenvalue weighted by Gasteiger charge is -2.07. The molecule has 0 spiro atoms. The molecule has 1 aromatic heterocycles. The molecule has 1 aromatic carbocycles. The van der Waals surface area contributed by atoms with Gasteiger partial charge in [0.1, 0.15) is 5.75 Å². The maximum absolute atomic E-state index is 10.9. The Morgan fingerprint density at radius 1 is 1.47 bits per heavy atom. The monoisotopic (exact) mass is 249 g/mol. The number of methoxy groups -OCH3 is 1.